The minimum absolute atomic E-state index is 0.0511. The van der Waals surface area contributed by atoms with Crippen molar-refractivity contribution in [1.82, 2.24) is 10.1 Å². The number of aromatic nitrogens is 1. The zero-order valence-electron chi connectivity index (χ0n) is 16.2. The molecule has 0 fully saturated rings. The monoisotopic (exact) mass is 359 g/mol. The summed E-state index contributed by atoms with van der Waals surface area (Å²) in [5.74, 6) is 1.42. The molecule has 0 aliphatic heterocycles. The molecule has 0 saturated carbocycles. The molecule has 0 aliphatic rings. The van der Waals surface area contributed by atoms with Gasteiger partial charge in [0.25, 0.3) is 0 Å². The maximum atomic E-state index is 12.3. The molecule has 0 spiro atoms. The highest BCUT2D eigenvalue weighted by molar-refractivity contribution is 5.92. The zero-order valence-corrected chi connectivity index (χ0v) is 16.2. The summed E-state index contributed by atoms with van der Waals surface area (Å²) < 4.78 is 11.0. The Bertz CT molecular complexity index is 689. The van der Waals surface area contributed by atoms with Crippen LogP contribution in [0.1, 0.15) is 37.3 Å². The van der Waals surface area contributed by atoms with Crippen molar-refractivity contribution in [3.05, 3.63) is 41.3 Å². The fraction of sp³-hybridized carbons (Fsp3) is 0.500. The molecule has 0 saturated heterocycles. The Morgan fingerprint density at radius 2 is 1.96 bits per heavy atom. The third-order valence-electron chi connectivity index (χ3n) is 4.50. The molecule has 0 unspecified atom stereocenters. The Morgan fingerprint density at radius 3 is 2.62 bits per heavy atom. The Morgan fingerprint density at radius 1 is 1.23 bits per heavy atom. The summed E-state index contributed by atoms with van der Waals surface area (Å²) >= 11 is 0. The molecule has 0 atom stereocenters. The van der Waals surface area contributed by atoms with Gasteiger partial charge >= 0.3 is 0 Å². The van der Waals surface area contributed by atoms with E-state index >= 15 is 0 Å². The van der Waals surface area contributed by atoms with Crippen molar-refractivity contribution < 1.29 is 14.1 Å². The molecule has 142 valence electrons. The van der Waals surface area contributed by atoms with Crippen LogP contribution in [-0.4, -0.2) is 42.2 Å². The average molecular weight is 359 g/mol. The molecule has 1 aromatic heterocycles. The van der Waals surface area contributed by atoms with E-state index in [0.29, 0.717) is 30.9 Å². The SMILES string of the molecule is CCN(CC)CCOc1ccccc1NC(=O)CCc1c(C)noc1C. The molecule has 1 heterocycles. The number of aryl methyl sites for hydroxylation is 2. The first kappa shape index (κ1) is 20.0. The standard InChI is InChI=1S/C20H29N3O3/c1-5-23(6-2)13-14-25-19-10-8-7-9-18(19)21-20(24)12-11-17-15(3)22-26-16(17)4/h7-10H,5-6,11-14H2,1-4H3,(H,21,24). The molecule has 6 heteroatoms. The predicted octanol–water partition coefficient (Wildman–Crippen LogP) is 3.58. The summed E-state index contributed by atoms with van der Waals surface area (Å²) in [7, 11) is 0. The Labute approximate surface area is 155 Å². The highest BCUT2D eigenvalue weighted by Gasteiger charge is 2.13. The highest BCUT2D eigenvalue weighted by Crippen LogP contribution is 2.24. The van der Waals surface area contributed by atoms with E-state index < -0.39 is 0 Å². The number of hydrogen-bond donors (Lipinski definition) is 1. The van der Waals surface area contributed by atoms with Gasteiger partial charge in [-0.25, -0.2) is 0 Å². The van der Waals surface area contributed by atoms with Gasteiger partial charge in [0.05, 0.1) is 11.4 Å². The molecule has 1 N–H and O–H groups in total. The lowest BCUT2D eigenvalue weighted by atomic mass is 10.1. The number of carbonyl (C=O) groups is 1. The van der Waals surface area contributed by atoms with Gasteiger partial charge in [-0.3, -0.25) is 4.79 Å². The number of benzene rings is 1. The summed E-state index contributed by atoms with van der Waals surface area (Å²) in [5.41, 5.74) is 2.55. The van der Waals surface area contributed by atoms with Crippen molar-refractivity contribution in [3.63, 3.8) is 0 Å². The van der Waals surface area contributed by atoms with E-state index in [1.165, 1.54) is 0 Å². The Balaban J connectivity index is 1.89. The van der Waals surface area contributed by atoms with Gasteiger partial charge in [-0.2, -0.15) is 0 Å². The van der Waals surface area contributed by atoms with E-state index in [-0.39, 0.29) is 5.91 Å². The molecular weight excluding hydrogens is 330 g/mol. The molecule has 0 aliphatic carbocycles. The third-order valence-corrected chi connectivity index (χ3v) is 4.50. The zero-order chi connectivity index (χ0) is 18.9. The molecular formula is C20H29N3O3. The second-order valence-electron chi connectivity index (χ2n) is 6.22. The lowest BCUT2D eigenvalue weighted by Gasteiger charge is -2.19. The van der Waals surface area contributed by atoms with Crippen LogP contribution in [0.2, 0.25) is 0 Å². The largest absolute Gasteiger partial charge is 0.490 e. The van der Waals surface area contributed by atoms with Crippen molar-refractivity contribution in [2.75, 3.05) is 31.6 Å². The number of anilines is 1. The van der Waals surface area contributed by atoms with Gasteiger partial charge in [0.15, 0.2) is 0 Å². The molecule has 2 rings (SSSR count). The maximum absolute atomic E-state index is 12.3. The molecule has 1 aromatic carbocycles. The van der Waals surface area contributed by atoms with Gasteiger partial charge in [-0.05, 0) is 45.5 Å². The number of ether oxygens (including phenoxy) is 1. The Kier molecular flexibility index (Phi) is 7.66. The molecule has 1 amide bonds. The van der Waals surface area contributed by atoms with Crippen LogP contribution in [0.5, 0.6) is 5.75 Å². The van der Waals surface area contributed by atoms with Crippen LogP contribution in [0.15, 0.2) is 28.8 Å². The fourth-order valence-corrected chi connectivity index (χ4v) is 2.83. The Hall–Kier alpha value is -2.34. The van der Waals surface area contributed by atoms with E-state index in [4.69, 9.17) is 9.26 Å². The van der Waals surface area contributed by atoms with E-state index in [9.17, 15) is 4.79 Å². The number of carbonyl (C=O) groups excluding carboxylic acids is 1. The lowest BCUT2D eigenvalue weighted by molar-refractivity contribution is -0.116. The van der Waals surface area contributed by atoms with Crippen molar-refractivity contribution in [2.24, 2.45) is 0 Å². The summed E-state index contributed by atoms with van der Waals surface area (Å²) in [6, 6.07) is 7.54. The van der Waals surface area contributed by atoms with E-state index in [1.54, 1.807) is 0 Å². The normalized spacial score (nSPS) is 11.0. The van der Waals surface area contributed by atoms with Gasteiger partial charge in [0.2, 0.25) is 5.91 Å². The van der Waals surface area contributed by atoms with Crippen LogP contribution in [0.4, 0.5) is 5.69 Å². The van der Waals surface area contributed by atoms with Crippen molar-refractivity contribution >= 4 is 11.6 Å². The van der Waals surface area contributed by atoms with E-state index in [2.05, 4.69) is 29.2 Å². The summed E-state index contributed by atoms with van der Waals surface area (Å²) in [6.07, 6.45) is 0.981. The van der Waals surface area contributed by atoms with Gasteiger partial charge < -0.3 is 19.5 Å². The third kappa shape index (κ3) is 5.59. The van der Waals surface area contributed by atoms with Crippen molar-refractivity contribution in [1.29, 1.82) is 0 Å². The highest BCUT2D eigenvalue weighted by atomic mass is 16.5. The quantitative estimate of drug-likeness (QED) is 0.702. The lowest BCUT2D eigenvalue weighted by Crippen LogP contribution is -2.28. The van der Waals surface area contributed by atoms with E-state index in [1.807, 2.05) is 38.1 Å². The second kappa shape index (κ2) is 9.97. The minimum Gasteiger partial charge on any atom is -0.490 e. The maximum Gasteiger partial charge on any atom is 0.224 e. The molecule has 0 bridgehead atoms. The molecule has 6 nitrogen and oxygen atoms in total. The predicted molar refractivity (Wildman–Crippen MR) is 103 cm³/mol. The van der Waals surface area contributed by atoms with Gasteiger partial charge in [0.1, 0.15) is 18.1 Å². The van der Waals surface area contributed by atoms with Crippen LogP contribution in [0.3, 0.4) is 0 Å². The summed E-state index contributed by atoms with van der Waals surface area (Å²) in [4.78, 5) is 14.6. The number of nitrogens with one attached hydrogen (secondary N) is 1. The number of para-hydroxylation sites is 2. The van der Waals surface area contributed by atoms with Crippen molar-refractivity contribution in [2.45, 2.75) is 40.5 Å². The number of rotatable bonds is 10. The number of likely N-dealkylation sites (N-methyl/N-ethyl adjacent to an activating group) is 1. The first-order valence-electron chi connectivity index (χ1n) is 9.20. The van der Waals surface area contributed by atoms with E-state index in [0.717, 1.165) is 36.7 Å². The summed E-state index contributed by atoms with van der Waals surface area (Å²) in [5, 5.41) is 6.87. The van der Waals surface area contributed by atoms with Crippen LogP contribution in [0.25, 0.3) is 0 Å². The average Bonchev–Trinajstić information content (AvgIpc) is 2.96. The number of nitrogens with zero attached hydrogens (tertiary/aromatic N) is 2. The minimum atomic E-state index is -0.0511. The smallest absolute Gasteiger partial charge is 0.224 e. The second-order valence-corrected chi connectivity index (χ2v) is 6.22. The topological polar surface area (TPSA) is 67.6 Å². The number of amides is 1. The number of hydrogen-bond acceptors (Lipinski definition) is 5. The molecule has 0 radical (unpaired) electrons. The first-order valence-corrected chi connectivity index (χ1v) is 9.20. The first-order chi connectivity index (χ1) is 12.5. The van der Waals surface area contributed by atoms with Crippen molar-refractivity contribution in [3.8, 4) is 5.75 Å². The fourth-order valence-electron chi connectivity index (χ4n) is 2.83. The van der Waals surface area contributed by atoms with Crippen LogP contribution < -0.4 is 10.1 Å². The molecule has 2 aromatic rings. The van der Waals surface area contributed by atoms with Crippen LogP contribution in [0, 0.1) is 13.8 Å². The van der Waals surface area contributed by atoms with Crippen LogP contribution >= 0.6 is 0 Å². The van der Waals surface area contributed by atoms with Crippen LogP contribution in [-0.2, 0) is 11.2 Å². The molecule has 26 heavy (non-hydrogen) atoms. The van der Waals surface area contributed by atoms with Gasteiger partial charge in [-0.1, -0.05) is 31.1 Å². The summed E-state index contributed by atoms with van der Waals surface area (Å²) in [6.45, 7) is 11.5. The van der Waals surface area contributed by atoms with Gasteiger partial charge in [0, 0.05) is 18.5 Å². The van der Waals surface area contributed by atoms with Gasteiger partial charge in [-0.15, -0.1) is 0 Å².